The average molecular weight is 223 g/mol. The molecular weight excluding hydrogens is 208 g/mol. The lowest BCUT2D eigenvalue weighted by Gasteiger charge is -2.08. The number of hydrogen-bond donors (Lipinski definition) is 2. The summed E-state index contributed by atoms with van der Waals surface area (Å²) in [7, 11) is 1.96. The summed E-state index contributed by atoms with van der Waals surface area (Å²) in [5.74, 6) is 0. The minimum absolute atomic E-state index is 0.330. The Bertz CT molecular complexity index is 488. The Balaban J connectivity index is 2.64. The summed E-state index contributed by atoms with van der Waals surface area (Å²) in [6.07, 6.45) is 0. The topological polar surface area (TPSA) is 27.8 Å². The Morgan fingerprint density at radius 2 is 2.13 bits per heavy atom. The SMILES string of the molecule is CNC(C)c1[nH]c2ccc(Cl)cc2c1C. The van der Waals surface area contributed by atoms with Crippen LogP contribution in [-0.4, -0.2) is 12.0 Å². The second-order valence-electron chi connectivity index (χ2n) is 3.86. The Labute approximate surface area is 94.6 Å². The average Bonchev–Trinajstić information content (AvgIpc) is 2.55. The molecule has 0 aliphatic rings. The van der Waals surface area contributed by atoms with Gasteiger partial charge in [0.05, 0.1) is 0 Å². The summed E-state index contributed by atoms with van der Waals surface area (Å²) in [6, 6.07) is 6.27. The van der Waals surface area contributed by atoms with Crippen molar-refractivity contribution in [1.82, 2.24) is 10.3 Å². The standard InChI is InChI=1S/C12H15ClN2/c1-7-10-6-9(13)4-5-11(10)15-12(7)8(2)14-3/h4-6,8,14-15H,1-3H3. The van der Waals surface area contributed by atoms with E-state index in [2.05, 4.69) is 24.1 Å². The minimum Gasteiger partial charge on any atom is -0.357 e. The molecule has 0 saturated carbocycles. The minimum atomic E-state index is 0.330. The van der Waals surface area contributed by atoms with Gasteiger partial charge in [-0.15, -0.1) is 0 Å². The molecule has 2 aromatic rings. The normalized spacial score (nSPS) is 13.3. The number of hydrogen-bond acceptors (Lipinski definition) is 1. The molecule has 1 atom stereocenters. The maximum atomic E-state index is 5.98. The molecule has 0 fully saturated rings. The van der Waals surface area contributed by atoms with E-state index in [4.69, 9.17) is 11.6 Å². The second kappa shape index (κ2) is 3.87. The van der Waals surface area contributed by atoms with Gasteiger partial charge in [-0.25, -0.2) is 0 Å². The fraction of sp³-hybridized carbons (Fsp3) is 0.333. The van der Waals surface area contributed by atoms with Crippen molar-refractivity contribution in [2.24, 2.45) is 0 Å². The molecule has 1 aromatic heterocycles. The van der Waals surface area contributed by atoms with E-state index in [-0.39, 0.29) is 0 Å². The van der Waals surface area contributed by atoms with Crippen LogP contribution in [0.3, 0.4) is 0 Å². The summed E-state index contributed by atoms with van der Waals surface area (Å²) >= 11 is 5.98. The van der Waals surface area contributed by atoms with Gasteiger partial charge in [0, 0.05) is 27.7 Å². The highest BCUT2D eigenvalue weighted by atomic mass is 35.5. The summed E-state index contributed by atoms with van der Waals surface area (Å²) in [6.45, 7) is 4.26. The molecule has 0 aliphatic heterocycles. The third-order valence-corrected chi connectivity index (χ3v) is 3.16. The second-order valence-corrected chi connectivity index (χ2v) is 4.30. The van der Waals surface area contributed by atoms with Crippen molar-refractivity contribution < 1.29 is 0 Å². The molecule has 3 heteroatoms. The van der Waals surface area contributed by atoms with Crippen molar-refractivity contribution >= 4 is 22.5 Å². The first-order valence-electron chi connectivity index (χ1n) is 5.08. The number of aromatic nitrogens is 1. The fourth-order valence-electron chi connectivity index (χ4n) is 1.90. The lowest BCUT2D eigenvalue weighted by Crippen LogP contribution is -2.13. The first kappa shape index (κ1) is 10.5. The molecule has 0 aliphatic carbocycles. The molecule has 15 heavy (non-hydrogen) atoms. The molecule has 2 N–H and O–H groups in total. The molecule has 2 rings (SSSR count). The number of aryl methyl sites for hydroxylation is 1. The van der Waals surface area contributed by atoms with Gasteiger partial charge >= 0.3 is 0 Å². The predicted molar refractivity (Wildman–Crippen MR) is 65.5 cm³/mol. The molecule has 0 bridgehead atoms. The van der Waals surface area contributed by atoms with Crippen molar-refractivity contribution in [3.63, 3.8) is 0 Å². The molecule has 0 saturated heterocycles. The van der Waals surface area contributed by atoms with E-state index in [0.717, 1.165) is 10.5 Å². The molecular formula is C12H15ClN2. The van der Waals surface area contributed by atoms with Crippen molar-refractivity contribution in [3.05, 3.63) is 34.5 Å². The highest BCUT2D eigenvalue weighted by Gasteiger charge is 2.12. The first-order valence-corrected chi connectivity index (χ1v) is 5.46. The third-order valence-electron chi connectivity index (χ3n) is 2.92. The van der Waals surface area contributed by atoms with Gasteiger partial charge in [0.15, 0.2) is 0 Å². The van der Waals surface area contributed by atoms with Gasteiger partial charge in [-0.3, -0.25) is 0 Å². The smallest absolute Gasteiger partial charge is 0.0460 e. The molecule has 1 aromatic carbocycles. The Morgan fingerprint density at radius 3 is 2.80 bits per heavy atom. The predicted octanol–water partition coefficient (Wildman–Crippen LogP) is 3.41. The van der Waals surface area contributed by atoms with Gasteiger partial charge in [-0.2, -0.15) is 0 Å². The van der Waals surface area contributed by atoms with Crippen LogP contribution in [0.15, 0.2) is 18.2 Å². The van der Waals surface area contributed by atoms with Crippen molar-refractivity contribution in [2.45, 2.75) is 19.9 Å². The highest BCUT2D eigenvalue weighted by Crippen LogP contribution is 2.27. The zero-order chi connectivity index (χ0) is 11.0. The number of nitrogens with one attached hydrogen (secondary N) is 2. The van der Waals surface area contributed by atoms with Crippen LogP contribution in [-0.2, 0) is 0 Å². The van der Waals surface area contributed by atoms with Gasteiger partial charge in [0.2, 0.25) is 0 Å². The van der Waals surface area contributed by atoms with E-state index in [1.165, 1.54) is 16.6 Å². The van der Waals surface area contributed by atoms with Crippen LogP contribution < -0.4 is 5.32 Å². The fourth-order valence-corrected chi connectivity index (χ4v) is 2.07. The van der Waals surface area contributed by atoms with Gasteiger partial charge < -0.3 is 10.3 Å². The van der Waals surface area contributed by atoms with E-state index >= 15 is 0 Å². The largest absolute Gasteiger partial charge is 0.357 e. The lowest BCUT2D eigenvalue weighted by molar-refractivity contribution is 0.634. The molecule has 1 heterocycles. The summed E-state index contributed by atoms with van der Waals surface area (Å²) in [5.41, 5.74) is 3.65. The van der Waals surface area contributed by atoms with Gasteiger partial charge in [0.25, 0.3) is 0 Å². The lowest BCUT2D eigenvalue weighted by atomic mass is 10.1. The van der Waals surface area contributed by atoms with Crippen molar-refractivity contribution in [2.75, 3.05) is 7.05 Å². The van der Waals surface area contributed by atoms with E-state index in [9.17, 15) is 0 Å². The zero-order valence-electron chi connectivity index (χ0n) is 9.19. The van der Waals surface area contributed by atoms with Gasteiger partial charge in [-0.05, 0) is 44.7 Å². The monoisotopic (exact) mass is 222 g/mol. The number of benzene rings is 1. The molecule has 80 valence electrons. The quantitative estimate of drug-likeness (QED) is 0.801. The Hall–Kier alpha value is -0.990. The molecule has 0 amide bonds. The van der Waals surface area contributed by atoms with Crippen LogP contribution in [0.1, 0.15) is 24.2 Å². The van der Waals surface area contributed by atoms with Crippen LogP contribution in [0.25, 0.3) is 10.9 Å². The number of halogens is 1. The van der Waals surface area contributed by atoms with Crippen LogP contribution >= 0.6 is 11.6 Å². The van der Waals surface area contributed by atoms with E-state index < -0.39 is 0 Å². The third kappa shape index (κ3) is 1.75. The van der Waals surface area contributed by atoms with Crippen molar-refractivity contribution in [3.8, 4) is 0 Å². The maximum absolute atomic E-state index is 5.98. The van der Waals surface area contributed by atoms with Crippen LogP contribution in [0.4, 0.5) is 0 Å². The molecule has 0 radical (unpaired) electrons. The maximum Gasteiger partial charge on any atom is 0.0460 e. The summed E-state index contributed by atoms with van der Waals surface area (Å²) in [5, 5.41) is 5.23. The van der Waals surface area contributed by atoms with Gasteiger partial charge in [-0.1, -0.05) is 11.6 Å². The number of aromatic amines is 1. The Morgan fingerprint density at radius 1 is 1.40 bits per heavy atom. The summed E-state index contributed by atoms with van der Waals surface area (Å²) < 4.78 is 0. The Kier molecular flexibility index (Phi) is 2.72. The highest BCUT2D eigenvalue weighted by molar-refractivity contribution is 6.31. The number of fused-ring (bicyclic) bond motifs is 1. The van der Waals surface area contributed by atoms with Crippen LogP contribution in [0, 0.1) is 6.92 Å². The molecule has 2 nitrogen and oxygen atoms in total. The van der Waals surface area contributed by atoms with Crippen LogP contribution in [0.5, 0.6) is 0 Å². The molecule has 1 unspecified atom stereocenters. The summed E-state index contributed by atoms with van der Waals surface area (Å²) in [4.78, 5) is 3.42. The zero-order valence-corrected chi connectivity index (χ0v) is 9.94. The first-order chi connectivity index (χ1) is 7.13. The van der Waals surface area contributed by atoms with E-state index in [1.807, 2.05) is 25.2 Å². The van der Waals surface area contributed by atoms with E-state index in [0.29, 0.717) is 6.04 Å². The van der Waals surface area contributed by atoms with Crippen LogP contribution in [0.2, 0.25) is 5.02 Å². The van der Waals surface area contributed by atoms with Gasteiger partial charge in [0.1, 0.15) is 0 Å². The van der Waals surface area contributed by atoms with E-state index in [1.54, 1.807) is 0 Å². The number of H-pyrrole nitrogens is 1. The molecule has 0 spiro atoms. The number of rotatable bonds is 2. The van der Waals surface area contributed by atoms with Crippen molar-refractivity contribution in [1.29, 1.82) is 0 Å².